The number of urea groups is 1. The van der Waals surface area contributed by atoms with E-state index in [9.17, 15) is 9.59 Å². The number of rotatable bonds is 7. The van der Waals surface area contributed by atoms with Crippen molar-refractivity contribution in [3.8, 4) is 5.88 Å². The molecule has 0 aliphatic carbocycles. The summed E-state index contributed by atoms with van der Waals surface area (Å²) in [6.45, 7) is 8.81. The molecule has 3 amide bonds. The van der Waals surface area contributed by atoms with Crippen molar-refractivity contribution in [3.05, 3.63) is 87.3 Å². The lowest BCUT2D eigenvalue weighted by Crippen LogP contribution is -2.56. The zero-order valence-electron chi connectivity index (χ0n) is 25.9. The van der Waals surface area contributed by atoms with Gasteiger partial charge >= 0.3 is 6.03 Å². The Balaban J connectivity index is 1.34. The highest BCUT2D eigenvalue weighted by Crippen LogP contribution is 2.45. The molecule has 3 aromatic rings. The van der Waals surface area contributed by atoms with E-state index >= 15 is 0 Å². The van der Waals surface area contributed by atoms with Crippen LogP contribution in [0.15, 0.2) is 59.7 Å². The molecule has 0 unspecified atom stereocenters. The van der Waals surface area contributed by atoms with Gasteiger partial charge in [-0.2, -0.15) is 4.98 Å². The molecule has 46 heavy (non-hydrogen) atoms. The fraction of sp³-hybridized carbons (Fsp3) is 0.424. The van der Waals surface area contributed by atoms with Crippen molar-refractivity contribution in [1.29, 1.82) is 0 Å². The number of benzene rings is 2. The summed E-state index contributed by atoms with van der Waals surface area (Å²) < 4.78 is 11.3. The number of halogens is 2. The van der Waals surface area contributed by atoms with Crippen LogP contribution in [0.25, 0.3) is 0 Å². The molecule has 4 heterocycles. The summed E-state index contributed by atoms with van der Waals surface area (Å²) in [5.74, 6) is 1.44. The SMILES string of the molecule is CCOc1nc(C)ncc1C1=N[C@H](c2ccc(Cl)cc2)[C@H](c2ccc(Cl)cc2)N1C(=O)N1CCN(CC(=O)N2CCOCC2)CC1. The van der Waals surface area contributed by atoms with Crippen LogP contribution in [0.4, 0.5) is 4.79 Å². The van der Waals surface area contributed by atoms with Crippen LogP contribution in [0.3, 0.4) is 0 Å². The van der Waals surface area contributed by atoms with Gasteiger partial charge in [-0.25, -0.2) is 9.78 Å². The van der Waals surface area contributed by atoms with Crippen molar-refractivity contribution in [2.75, 3.05) is 65.6 Å². The number of morpholine rings is 1. The Bertz CT molecular complexity index is 1570. The molecule has 6 rings (SSSR count). The largest absolute Gasteiger partial charge is 0.477 e. The number of aryl methyl sites for hydroxylation is 1. The van der Waals surface area contributed by atoms with Gasteiger partial charge < -0.3 is 19.3 Å². The Labute approximate surface area is 278 Å². The minimum atomic E-state index is -0.502. The molecular weight excluding hydrogens is 629 g/mol. The van der Waals surface area contributed by atoms with Crippen LogP contribution in [0.5, 0.6) is 5.88 Å². The predicted molar refractivity (Wildman–Crippen MR) is 176 cm³/mol. The summed E-state index contributed by atoms with van der Waals surface area (Å²) in [7, 11) is 0. The van der Waals surface area contributed by atoms with Crippen molar-refractivity contribution in [1.82, 2.24) is 29.6 Å². The number of hydrogen-bond acceptors (Lipinski definition) is 8. The quantitative estimate of drug-likeness (QED) is 0.362. The fourth-order valence-electron chi connectivity index (χ4n) is 6.06. The van der Waals surface area contributed by atoms with Crippen molar-refractivity contribution in [2.24, 2.45) is 4.99 Å². The van der Waals surface area contributed by atoms with Crippen LogP contribution in [0, 0.1) is 6.92 Å². The zero-order valence-corrected chi connectivity index (χ0v) is 27.5. The van der Waals surface area contributed by atoms with E-state index in [1.165, 1.54) is 0 Å². The van der Waals surface area contributed by atoms with Crippen LogP contribution in [0.1, 0.15) is 41.5 Å². The van der Waals surface area contributed by atoms with Gasteiger partial charge in [0.1, 0.15) is 17.7 Å². The normalized spacial score (nSPS) is 20.5. The zero-order chi connectivity index (χ0) is 32.2. The van der Waals surface area contributed by atoms with E-state index in [1.54, 1.807) is 18.0 Å². The highest BCUT2D eigenvalue weighted by molar-refractivity contribution is 6.30. The number of hydrogen-bond donors (Lipinski definition) is 0. The van der Waals surface area contributed by atoms with E-state index in [1.807, 2.05) is 65.3 Å². The first-order chi connectivity index (χ1) is 22.3. The first-order valence-electron chi connectivity index (χ1n) is 15.5. The summed E-state index contributed by atoms with van der Waals surface area (Å²) in [6, 6.07) is 13.9. The minimum absolute atomic E-state index is 0.0912. The highest BCUT2D eigenvalue weighted by atomic mass is 35.5. The molecule has 0 radical (unpaired) electrons. The lowest BCUT2D eigenvalue weighted by molar-refractivity contribution is -0.136. The standard InChI is InChI=1S/C33H37Cl2N7O4/c1-3-46-32-27(20-36-22(2)37-32)31-38-29(23-4-8-25(34)9-5-23)30(24-6-10-26(35)11-7-24)42(31)33(44)41-14-12-39(13-15-41)21-28(43)40-16-18-45-19-17-40/h4-11,20,29-30H,3,12-19,21H2,1-2H3/t29-,30+/m1/s1. The minimum Gasteiger partial charge on any atom is -0.477 e. The average Bonchev–Trinajstić information content (AvgIpc) is 3.46. The number of aliphatic imine (C=N–C) groups is 1. The van der Waals surface area contributed by atoms with Gasteiger partial charge in [-0.15, -0.1) is 0 Å². The maximum atomic E-state index is 14.7. The summed E-state index contributed by atoms with van der Waals surface area (Å²) in [4.78, 5) is 49.4. The van der Waals surface area contributed by atoms with E-state index < -0.39 is 12.1 Å². The van der Waals surface area contributed by atoms with Crippen LogP contribution < -0.4 is 4.74 Å². The molecule has 2 atom stereocenters. The second kappa shape index (κ2) is 14.3. The summed E-state index contributed by atoms with van der Waals surface area (Å²) in [5, 5.41) is 1.20. The van der Waals surface area contributed by atoms with Gasteiger partial charge in [0.05, 0.1) is 38.0 Å². The van der Waals surface area contributed by atoms with Crippen LogP contribution >= 0.6 is 23.2 Å². The first-order valence-corrected chi connectivity index (χ1v) is 16.3. The molecule has 0 saturated carbocycles. The smallest absolute Gasteiger partial charge is 0.326 e. The Morgan fingerprint density at radius 2 is 1.52 bits per heavy atom. The van der Waals surface area contributed by atoms with Crippen molar-refractivity contribution < 1.29 is 19.1 Å². The summed E-state index contributed by atoms with van der Waals surface area (Å²) in [5.41, 5.74) is 2.30. The molecule has 3 aliphatic rings. The third kappa shape index (κ3) is 6.97. The van der Waals surface area contributed by atoms with Gasteiger partial charge in [0, 0.05) is 55.5 Å². The number of amidine groups is 1. The lowest BCUT2D eigenvalue weighted by Gasteiger charge is -2.39. The number of nitrogens with zero attached hydrogens (tertiary/aromatic N) is 7. The molecule has 2 saturated heterocycles. The van der Waals surface area contributed by atoms with Gasteiger partial charge in [0.25, 0.3) is 0 Å². The molecule has 242 valence electrons. The van der Waals surface area contributed by atoms with E-state index in [4.69, 9.17) is 37.7 Å². The second-order valence-corrected chi connectivity index (χ2v) is 12.3. The number of amides is 3. The molecule has 13 heteroatoms. The molecule has 1 aromatic heterocycles. The predicted octanol–water partition coefficient (Wildman–Crippen LogP) is 4.63. The molecule has 0 spiro atoms. The third-order valence-electron chi connectivity index (χ3n) is 8.46. The lowest BCUT2D eigenvalue weighted by atomic mass is 9.94. The second-order valence-electron chi connectivity index (χ2n) is 11.4. The number of ether oxygens (including phenoxy) is 2. The molecule has 3 aliphatic heterocycles. The first kappa shape index (κ1) is 32.2. The molecule has 2 fully saturated rings. The van der Waals surface area contributed by atoms with Crippen molar-refractivity contribution >= 4 is 41.0 Å². The molecule has 0 N–H and O–H groups in total. The number of aromatic nitrogens is 2. The average molecular weight is 667 g/mol. The number of piperazine rings is 1. The van der Waals surface area contributed by atoms with E-state index in [-0.39, 0.29) is 11.9 Å². The topological polar surface area (TPSA) is 104 Å². The number of carbonyl (C=O) groups is 2. The molecular formula is C33H37Cl2N7O4. The molecule has 2 aromatic carbocycles. The Morgan fingerprint density at radius 3 is 2.15 bits per heavy atom. The monoisotopic (exact) mass is 665 g/mol. The Kier molecular flexibility index (Phi) is 10.0. The van der Waals surface area contributed by atoms with Gasteiger partial charge in [-0.3, -0.25) is 19.6 Å². The molecule has 11 nitrogen and oxygen atoms in total. The van der Waals surface area contributed by atoms with Crippen molar-refractivity contribution in [3.63, 3.8) is 0 Å². The highest BCUT2D eigenvalue weighted by Gasteiger charge is 2.45. The van der Waals surface area contributed by atoms with E-state index in [0.717, 1.165) is 11.1 Å². The van der Waals surface area contributed by atoms with E-state index in [0.29, 0.717) is 98.8 Å². The van der Waals surface area contributed by atoms with Gasteiger partial charge in [0.2, 0.25) is 11.8 Å². The van der Waals surface area contributed by atoms with E-state index in [2.05, 4.69) is 14.9 Å². The summed E-state index contributed by atoms with van der Waals surface area (Å²) in [6.07, 6.45) is 1.67. The van der Waals surface area contributed by atoms with Crippen molar-refractivity contribution in [2.45, 2.75) is 25.9 Å². The van der Waals surface area contributed by atoms with Crippen LogP contribution in [-0.4, -0.2) is 113 Å². The van der Waals surface area contributed by atoms with Gasteiger partial charge in [-0.1, -0.05) is 47.5 Å². The summed E-state index contributed by atoms with van der Waals surface area (Å²) >= 11 is 12.6. The maximum absolute atomic E-state index is 14.7. The Morgan fingerprint density at radius 1 is 0.891 bits per heavy atom. The van der Waals surface area contributed by atoms with Crippen LogP contribution in [0.2, 0.25) is 10.0 Å². The Hall–Kier alpha value is -3.77. The number of carbonyl (C=O) groups excluding carboxylic acids is 2. The molecule has 0 bridgehead atoms. The van der Waals surface area contributed by atoms with Gasteiger partial charge in [-0.05, 0) is 49.2 Å². The van der Waals surface area contributed by atoms with Crippen LogP contribution in [-0.2, 0) is 9.53 Å². The fourth-order valence-corrected chi connectivity index (χ4v) is 6.31. The third-order valence-corrected chi connectivity index (χ3v) is 8.96. The van der Waals surface area contributed by atoms with Gasteiger partial charge in [0.15, 0.2) is 0 Å². The maximum Gasteiger partial charge on any atom is 0.326 e.